The van der Waals surface area contributed by atoms with Crippen LogP contribution in [0.4, 0.5) is 4.39 Å². The smallest absolute Gasteiger partial charge is 0.323 e. The molecule has 0 aliphatic heterocycles. The molecule has 1 N–H and O–H groups in total. The number of hydrogen-bond donors (Lipinski definition) is 1. The lowest BCUT2D eigenvalue weighted by Crippen LogP contribution is -2.11. The third-order valence-electron chi connectivity index (χ3n) is 6.43. The largest absolute Gasteiger partial charge is 0.480 e. The topological polar surface area (TPSA) is 42.2 Å². The van der Waals surface area contributed by atoms with Crippen LogP contribution in [0.5, 0.6) is 0 Å². The van der Waals surface area contributed by atoms with Crippen molar-refractivity contribution >= 4 is 17.7 Å². The summed E-state index contributed by atoms with van der Waals surface area (Å²) < 4.78 is 15.8. The van der Waals surface area contributed by atoms with Crippen molar-refractivity contribution in [2.24, 2.45) is 0 Å². The molecule has 5 heteroatoms. The lowest BCUT2D eigenvalue weighted by Gasteiger charge is -2.13. The highest BCUT2D eigenvalue weighted by molar-refractivity contribution is 7.99. The molecule has 4 aromatic carbocycles. The van der Waals surface area contributed by atoms with E-state index >= 15 is 0 Å². The summed E-state index contributed by atoms with van der Waals surface area (Å²) in [6, 6.07) is 34.8. The van der Waals surface area contributed by atoms with Gasteiger partial charge in [0.1, 0.15) is 12.4 Å². The zero-order valence-corrected chi connectivity index (χ0v) is 21.2. The van der Waals surface area contributed by atoms with Crippen molar-refractivity contribution in [1.82, 2.24) is 4.57 Å². The van der Waals surface area contributed by atoms with Crippen LogP contribution in [-0.4, -0.2) is 15.6 Å². The Morgan fingerprint density at radius 3 is 2.11 bits per heavy atom. The van der Waals surface area contributed by atoms with Gasteiger partial charge in [-0.25, -0.2) is 4.39 Å². The van der Waals surface area contributed by atoms with Crippen LogP contribution in [0.2, 0.25) is 0 Å². The zero-order valence-electron chi connectivity index (χ0n) is 20.4. The predicted octanol–water partition coefficient (Wildman–Crippen LogP) is 8.10. The van der Waals surface area contributed by atoms with Crippen LogP contribution in [0.1, 0.15) is 16.8 Å². The predicted molar refractivity (Wildman–Crippen MR) is 147 cm³/mol. The Bertz CT molecular complexity index is 1530. The fraction of sp³-hybridized carbons (Fsp3) is 0.0938. The SMILES string of the molecule is Cc1c(Cc2ccccc2Sc2ccccc2)c(-c2ccc(F)cc2)c(-c2ccccc2)n1CC(=O)O. The number of aliphatic carboxylic acids is 1. The van der Waals surface area contributed by atoms with Gasteiger partial charge in [-0.15, -0.1) is 0 Å². The maximum atomic E-state index is 13.9. The Labute approximate surface area is 220 Å². The van der Waals surface area contributed by atoms with Crippen LogP contribution < -0.4 is 0 Å². The second-order valence-corrected chi connectivity index (χ2v) is 9.96. The first-order valence-corrected chi connectivity index (χ1v) is 12.9. The van der Waals surface area contributed by atoms with Crippen molar-refractivity contribution in [3.8, 4) is 22.4 Å². The number of carbonyl (C=O) groups is 1. The summed E-state index contributed by atoms with van der Waals surface area (Å²) in [4.78, 5) is 14.2. The zero-order chi connectivity index (χ0) is 25.8. The van der Waals surface area contributed by atoms with Gasteiger partial charge in [0.2, 0.25) is 0 Å². The molecule has 3 nitrogen and oxygen atoms in total. The summed E-state index contributed by atoms with van der Waals surface area (Å²) in [6.45, 7) is 1.81. The van der Waals surface area contributed by atoms with Crippen molar-refractivity contribution in [2.75, 3.05) is 0 Å². The highest BCUT2D eigenvalue weighted by Gasteiger charge is 2.24. The van der Waals surface area contributed by atoms with E-state index in [1.165, 1.54) is 12.1 Å². The quantitative estimate of drug-likeness (QED) is 0.231. The molecule has 0 unspecified atom stereocenters. The van der Waals surface area contributed by atoms with Gasteiger partial charge in [0.25, 0.3) is 0 Å². The Morgan fingerprint density at radius 1 is 0.811 bits per heavy atom. The van der Waals surface area contributed by atoms with Crippen LogP contribution in [0, 0.1) is 12.7 Å². The van der Waals surface area contributed by atoms with E-state index in [-0.39, 0.29) is 12.4 Å². The summed E-state index contributed by atoms with van der Waals surface area (Å²) in [7, 11) is 0. The maximum Gasteiger partial charge on any atom is 0.323 e. The third-order valence-corrected chi connectivity index (χ3v) is 7.56. The number of benzene rings is 4. The van der Waals surface area contributed by atoms with Crippen LogP contribution >= 0.6 is 11.8 Å². The molecule has 184 valence electrons. The molecule has 0 aliphatic rings. The summed E-state index contributed by atoms with van der Waals surface area (Å²) in [5.41, 5.74) is 6.61. The van der Waals surface area contributed by atoms with Gasteiger partial charge in [-0.3, -0.25) is 4.79 Å². The van der Waals surface area contributed by atoms with E-state index < -0.39 is 5.97 Å². The first kappa shape index (κ1) is 24.6. The number of carboxylic acids is 1. The second kappa shape index (κ2) is 10.9. The molecule has 0 saturated heterocycles. The van der Waals surface area contributed by atoms with Gasteiger partial charge in [0, 0.05) is 27.5 Å². The highest BCUT2D eigenvalue weighted by atomic mass is 32.2. The molecule has 1 aromatic heterocycles. The monoisotopic (exact) mass is 507 g/mol. The molecular weight excluding hydrogens is 481 g/mol. The van der Waals surface area contributed by atoms with E-state index in [1.54, 1.807) is 23.9 Å². The number of carboxylic acid groups (broad SMARTS) is 1. The fourth-order valence-electron chi connectivity index (χ4n) is 4.72. The van der Waals surface area contributed by atoms with Crippen LogP contribution in [-0.2, 0) is 17.8 Å². The van der Waals surface area contributed by atoms with Gasteiger partial charge in [-0.05, 0) is 59.5 Å². The van der Waals surface area contributed by atoms with E-state index in [0.717, 1.165) is 49.0 Å². The second-order valence-electron chi connectivity index (χ2n) is 8.84. The summed E-state index contributed by atoms with van der Waals surface area (Å²) in [6.07, 6.45) is 0.612. The van der Waals surface area contributed by atoms with Crippen molar-refractivity contribution in [3.63, 3.8) is 0 Å². The lowest BCUT2D eigenvalue weighted by atomic mass is 9.93. The minimum Gasteiger partial charge on any atom is -0.480 e. The van der Waals surface area contributed by atoms with Crippen molar-refractivity contribution < 1.29 is 14.3 Å². The Hall–Kier alpha value is -4.09. The molecular formula is C32H26FNO2S. The molecule has 1 heterocycles. The fourth-order valence-corrected chi connectivity index (χ4v) is 5.68. The normalized spacial score (nSPS) is 11.0. The minimum absolute atomic E-state index is 0.162. The molecule has 0 amide bonds. The number of hydrogen-bond acceptors (Lipinski definition) is 2. The number of nitrogens with zero attached hydrogens (tertiary/aromatic N) is 1. The molecule has 0 aliphatic carbocycles. The average Bonchev–Trinajstić information content (AvgIpc) is 3.17. The Balaban J connectivity index is 1.71. The minimum atomic E-state index is -0.910. The third kappa shape index (κ3) is 5.37. The van der Waals surface area contributed by atoms with E-state index in [4.69, 9.17) is 0 Å². The first-order chi connectivity index (χ1) is 18.0. The standard InChI is InChI=1S/C32H26FNO2S/c1-22-28(20-25-12-8-9-15-29(25)37-27-13-6-3-7-14-27)31(23-16-18-26(33)19-17-23)32(34(22)21-30(35)36)24-10-4-2-5-11-24/h2-19H,20-21H2,1H3,(H,35,36). The molecule has 0 atom stereocenters. The number of rotatable bonds is 8. The van der Waals surface area contributed by atoms with E-state index in [0.29, 0.717) is 6.42 Å². The molecule has 0 spiro atoms. The summed E-state index contributed by atoms with van der Waals surface area (Å²) in [5.74, 6) is -1.22. The van der Waals surface area contributed by atoms with Gasteiger partial charge < -0.3 is 9.67 Å². The van der Waals surface area contributed by atoms with Crippen molar-refractivity contribution in [2.45, 2.75) is 29.7 Å². The van der Waals surface area contributed by atoms with Crippen LogP contribution in [0.15, 0.2) is 119 Å². The molecule has 0 radical (unpaired) electrons. The van der Waals surface area contributed by atoms with Gasteiger partial charge in [-0.1, -0.05) is 90.6 Å². The number of halogens is 1. The van der Waals surface area contributed by atoms with Gasteiger partial charge in [-0.2, -0.15) is 0 Å². The number of aromatic nitrogens is 1. The molecule has 0 fully saturated rings. The van der Waals surface area contributed by atoms with E-state index in [2.05, 4.69) is 24.3 Å². The summed E-state index contributed by atoms with van der Waals surface area (Å²) in [5, 5.41) is 9.79. The Morgan fingerprint density at radius 2 is 1.43 bits per heavy atom. The van der Waals surface area contributed by atoms with Gasteiger partial charge in [0.15, 0.2) is 0 Å². The average molecular weight is 508 g/mol. The lowest BCUT2D eigenvalue weighted by molar-refractivity contribution is -0.137. The summed E-state index contributed by atoms with van der Waals surface area (Å²) >= 11 is 1.71. The molecule has 37 heavy (non-hydrogen) atoms. The highest BCUT2D eigenvalue weighted by Crippen LogP contribution is 2.41. The van der Waals surface area contributed by atoms with Crippen LogP contribution in [0.25, 0.3) is 22.4 Å². The first-order valence-electron chi connectivity index (χ1n) is 12.1. The molecule has 0 bridgehead atoms. The van der Waals surface area contributed by atoms with Crippen molar-refractivity contribution in [1.29, 1.82) is 0 Å². The van der Waals surface area contributed by atoms with Gasteiger partial charge in [0.05, 0.1) is 5.69 Å². The van der Waals surface area contributed by atoms with E-state index in [1.807, 2.05) is 72.2 Å². The molecule has 5 rings (SSSR count). The van der Waals surface area contributed by atoms with Gasteiger partial charge >= 0.3 is 5.97 Å². The van der Waals surface area contributed by atoms with Crippen LogP contribution in [0.3, 0.4) is 0 Å². The molecule has 5 aromatic rings. The van der Waals surface area contributed by atoms with Crippen molar-refractivity contribution in [3.05, 3.63) is 132 Å². The van der Waals surface area contributed by atoms with E-state index in [9.17, 15) is 14.3 Å². The molecule has 0 saturated carbocycles. The maximum absolute atomic E-state index is 13.9. The Kier molecular flexibility index (Phi) is 7.24.